The maximum Gasteiger partial charge on any atom is 0.420 e. The average molecular weight is 392 g/mol. The minimum atomic E-state index is -3.97. The second-order valence-electron chi connectivity index (χ2n) is 5.47. The fourth-order valence-corrected chi connectivity index (χ4v) is 3.05. The topological polar surface area (TPSA) is 118 Å². The maximum absolute atomic E-state index is 12.1. The number of hydrogen-bond donors (Lipinski definition) is 2. The molecule has 0 radical (unpaired) electrons. The van der Waals surface area contributed by atoms with E-state index in [1.807, 2.05) is 0 Å². The first-order valence-electron chi connectivity index (χ1n) is 7.96. The molecule has 0 fully saturated rings. The zero-order chi connectivity index (χ0) is 19.9. The molecule has 0 bridgehead atoms. The van der Waals surface area contributed by atoms with Gasteiger partial charge in [-0.15, -0.1) is 0 Å². The van der Waals surface area contributed by atoms with Crippen LogP contribution in [0.5, 0.6) is 0 Å². The minimum Gasteiger partial charge on any atom is -0.452 e. The van der Waals surface area contributed by atoms with Gasteiger partial charge in [0, 0.05) is 19.8 Å². The third kappa shape index (κ3) is 5.68. The highest BCUT2D eigenvalue weighted by Gasteiger charge is 2.17. The van der Waals surface area contributed by atoms with E-state index in [0.717, 1.165) is 12.7 Å². The van der Waals surface area contributed by atoms with Gasteiger partial charge in [-0.2, -0.15) is 0 Å². The van der Waals surface area contributed by atoms with Gasteiger partial charge in [-0.3, -0.25) is 4.90 Å². The van der Waals surface area contributed by atoms with E-state index in [1.54, 1.807) is 48.3 Å². The average Bonchev–Trinajstić information content (AvgIpc) is 2.68. The van der Waals surface area contributed by atoms with Gasteiger partial charge in [-0.25, -0.2) is 27.7 Å². The molecule has 3 amide bonds. The van der Waals surface area contributed by atoms with Crippen molar-refractivity contribution in [3.05, 3.63) is 54.2 Å². The van der Waals surface area contributed by atoms with Crippen molar-refractivity contribution in [3.63, 3.8) is 0 Å². The first-order valence-corrected chi connectivity index (χ1v) is 9.44. The molecule has 1 aromatic heterocycles. The van der Waals surface area contributed by atoms with E-state index in [-0.39, 0.29) is 10.9 Å². The summed E-state index contributed by atoms with van der Waals surface area (Å²) in [4.78, 5) is 28.6. The van der Waals surface area contributed by atoms with Gasteiger partial charge in [0.25, 0.3) is 10.0 Å². The molecule has 2 rings (SSSR count). The van der Waals surface area contributed by atoms with E-state index in [1.165, 1.54) is 17.0 Å². The lowest BCUT2D eigenvalue weighted by molar-refractivity contribution is 0.177. The number of hydrogen-bond acceptors (Lipinski definition) is 6. The Morgan fingerprint density at radius 3 is 2.44 bits per heavy atom. The molecule has 9 nitrogen and oxygen atoms in total. The molecule has 0 unspecified atom stereocenters. The van der Waals surface area contributed by atoms with E-state index in [0.29, 0.717) is 18.8 Å². The number of nitrogens with one attached hydrogen (secondary N) is 2. The van der Waals surface area contributed by atoms with Crippen LogP contribution in [-0.2, 0) is 21.2 Å². The number of benzene rings is 1. The number of urea groups is 1. The number of methoxy groups -OCH3 is 1. The van der Waals surface area contributed by atoms with Crippen LogP contribution < -0.4 is 14.9 Å². The number of ether oxygens (including phenoxy) is 1. The lowest BCUT2D eigenvalue weighted by Crippen LogP contribution is -2.38. The van der Waals surface area contributed by atoms with Crippen LogP contribution in [0.3, 0.4) is 0 Å². The summed E-state index contributed by atoms with van der Waals surface area (Å²) in [6, 6.07) is 11.0. The number of carbonyl (C=O) groups excluding carboxylic acids is 2. The van der Waals surface area contributed by atoms with Crippen molar-refractivity contribution in [2.45, 2.75) is 11.3 Å². The van der Waals surface area contributed by atoms with Crippen molar-refractivity contribution >= 4 is 28.0 Å². The van der Waals surface area contributed by atoms with Crippen LogP contribution in [0.25, 0.3) is 0 Å². The Kier molecular flexibility index (Phi) is 6.72. The van der Waals surface area contributed by atoms with Crippen LogP contribution in [0.4, 0.5) is 15.4 Å². The number of nitrogens with zero attached hydrogens (tertiary/aromatic N) is 2. The molecule has 1 heterocycles. The molecule has 0 spiro atoms. The first kappa shape index (κ1) is 20.2. The third-order valence-corrected chi connectivity index (χ3v) is 4.95. The molecule has 10 heteroatoms. The van der Waals surface area contributed by atoms with Crippen LogP contribution in [-0.4, -0.2) is 46.2 Å². The summed E-state index contributed by atoms with van der Waals surface area (Å²) in [7, 11) is -1.28. The summed E-state index contributed by atoms with van der Waals surface area (Å²) in [6.07, 6.45) is 1.05. The van der Waals surface area contributed by atoms with Crippen molar-refractivity contribution in [2.24, 2.45) is 0 Å². The molecule has 0 aliphatic carbocycles. The van der Waals surface area contributed by atoms with Gasteiger partial charge in [0.05, 0.1) is 12.0 Å². The largest absolute Gasteiger partial charge is 0.452 e. The number of anilines is 1. The van der Waals surface area contributed by atoms with Crippen LogP contribution in [0.1, 0.15) is 5.56 Å². The Bertz CT molecular complexity index is 885. The predicted molar refractivity (Wildman–Crippen MR) is 98.9 cm³/mol. The van der Waals surface area contributed by atoms with Crippen molar-refractivity contribution in [3.8, 4) is 0 Å². The zero-order valence-electron chi connectivity index (χ0n) is 14.9. The zero-order valence-corrected chi connectivity index (χ0v) is 15.7. The SMILES string of the molecule is COC(=O)NS(=O)(=O)c1ccc(CCNC(=O)N(C)c2ccccn2)cc1. The van der Waals surface area contributed by atoms with Crippen LogP contribution in [0.15, 0.2) is 53.6 Å². The normalized spacial score (nSPS) is 10.7. The molecule has 2 N–H and O–H groups in total. The molecular weight excluding hydrogens is 372 g/mol. The lowest BCUT2D eigenvalue weighted by Gasteiger charge is -2.16. The van der Waals surface area contributed by atoms with E-state index in [9.17, 15) is 18.0 Å². The quantitative estimate of drug-likeness (QED) is 0.769. The van der Waals surface area contributed by atoms with Gasteiger partial charge in [-0.05, 0) is 36.2 Å². The summed E-state index contributed by atoms with van der Waals surface area (Å²) < 4.78 is 29.9. The number of rotatable bonds is 6. The third-order valence-electron chi connectivity index (χ3n) is 3.62. The first-order chi connectivity index (χ1) is 12.8. The number of pyridine rings is 1. The smallest absolute Gasteiger partial charge is 0.420 e. The predicted octanol–water partition coefficient (Wildman–Crippen LogP) is 1.51. The molecule has 0 aliphatic rings. The Balaban J connectivity index is 1.88. The van der Waals surface area contributed by atoms with Crippen molar-refractivity contribution in [1.82, 2.24) is 15.0 Å². The van der Waals surface area contributed by atoms with Crippen molar-refractivity contribution < 1.29 is 22.7 Å². The second-order valence-corrected chi connectivity index (χ2v) is 7.15. The monoisotopic (exact) mass is 392 g/mol. The number of aromatic nitrogens is 1. The Hall–Kier alpha value is -3.14. The molecule has 0 saturated heterocycles. The number of sulfonamides is 1. The molecule has 0 aliphatic heterocycles. The standard InChI is InChI=1S/C17H20N4O5S/c1-21(15-5-3-4-11-18-15)16(22)19-12-10-13-6-8-14(9-7-13)27(24,25)20-17(23)26-2/h3-9,11H,10,12H2,1-2H3,(H,19,22)(H,20,23). The second kappa shape index (κ2) is 8.99. The summed E-state index contributed by atoms with van der Waals surface area (Å²) in [5.41, 5.74) is 0.827. The summed E-state index contributed by atoms with van der Waals surface area (Å²) in [6.45, 7) is 0.364. The molecule has 0 saturated carbocycles. The van der Waals surface area contributed by atoms with Crippen LogP contribution >= 0.6 is 0 Å². The van der Waals surface area contributed by atoms with Gasteiger partial charge >= 0.3 is 12.1 Å². The molecule has 1 aromatic carbocycles. The van der Waals surface area contributed by atoms with Gasteiger partial charge in [0.2, 0.25) is 0 Å². The number of carbonyl (C=O) groups is 2. The molecule has 27 heavy (non-hydrogen) atoms. The van der Waals surface area contributed by atoms with Crippen molar-refractivity contribution in [2.75, 3.05) is 25.6 Å². The van der Waals surface area contributed by atoms with E-state index >= 15 is 0 Å². The van der Waals surface area contributed by atoms with Crippen molar-refractivity contribution in [1.29, 1.82) is 0 Å². The Labute approximate surface area is 157 Å². The summed E-state index contributed by atoms with van der Waals surface area (Å²) in [5.74, 6) is 0.530. The lowest BCUT2D eigenvalue weighted by atomic mass is 10.1. The molecule has 2 aromatic rings. The van der Waals surface area contributed by atoms with Crippen LogP contribution in [0.2, 0.25) is 0 Å². The number of amides is 3. The highest BCUT2D eigenvalue weighted by atomic mass is 32.2. The Morgan fingerprint density at radius 2 is 1.85 bits per heavy atom. The van der Waals surface area contributed by atoms with Crippen LogP contribution in [0, 0.1) is 0 Å². The van der Waals surface area contributed by atoms with Gasteiger partial charge in [-0.1, -0.05) is 18.2 Å². The fraction of sp³-hybridized carbons (Fsp3) is 0.235. The van der Waals surface area contributed by atoms with E-state index in [2.05, 4.69) is 15.0 Å². The molecular formula is C17H20N4O5S. The van der Waals surface area contributed by atoms with Gasteiger partial charge < -0.3 is 10.1 Å². The highest BCUT2D eigenvalue weighted by molar-refractivity contribution is 7.90. The Morgan fingerprint density at radius 1 is 1.15 bits per heavy atom. The maximum atomic E-state index is 12.1. The van der Waals surface area contributed by atoms with Gasteiger partial charge in [0.1, 0.15) is 5.82 Å². The summed E-state index contributed by atoms with van der Waals surface area (Å²) in [5, 5.41) is 2.76. The summed E-state index contributed by atoms with van der Waals surface area (Å²) >= 11 is 0. The fourth-order valence-electron chi connectivity index (χ4n) is 2.13. The minimum absolute atomic E-state index is 0.0597. The molecule has 144 valence electrons. The van der Waals surface area contributed by atoms with Gasteiger partial charge in [0.15, 0.2) is 0 Å². The molecule has 0 atom stereocenters. The highest BCUT2D eigenvalue weighted by Crippen LogP contribution is 2.11. The van der Waals surface area contributed by atoms with E-state index < -0.39 is 16.1 Å². The van der Waals surface area contributed by atoms with E-state index in [4.69, 9.17) is 0 Å².